The molecule has 0 aliphatic carbocycles. The molecule has 0 saturated heterocycles. The molecule has 114 valence electrons. The van der Waals surface area contributed by atoms with Crippen LogP contribution in [0.5, 0.6) is 0 Å². The summed E-state index contributed by atoms with van der Waals surface area (Å²) in [6.45, 7) is 5.89. The Morgan fingerprint density at radius 3 is 2.80 bits per heavy atom. The monoisotopic (exact) mass is 344 g/mol. The lowest BCUT2D eigenvalue weighted by atomic mass is 10.2. The molecule has 0 spiro atoms. The highest BCUT2D eigenvalue weighted by Crippen LogP contribution is 2.18. The van der Waals surface area contributed by atoms with E-state index in [2.05, 4.69) is 59.2 Å². The average molecular weight is 345 g/mol. The van der Waals surface area contributed by atoms with Gasteiger partial charge in [-0.25, -0.2) is 4.68 Å². The van der Waals surface area contributed by atoms with E-state index >= 15 is 0 Å². The quantitative estimate of drug-likeness (QED) is 0.787. The Balaban J connectivity index is 2.72. The zero-order valence-corrected chi connectivity index (χ0v) is 14.4. The molecule has 0 fully saturated rings. The van der Waals surface area contributed by atoms with Gasteiger partial charge in [-0.3, -0.25) is 4.79 Å². The van der Waals surface area contributed by atoms with Crippen molar-refractivity contribution < 1.29 is 0 Å². The minimum atomic E-state index is -0.0664. The van der Waals surface area contributed by atoms with Gasteiger partial charge < -0.3 is 10.2 Å². The van der Waals surface area contributed by atoms with Crippen LogP contribution in [0, 0.1) is 0 Å². The SMILES string of the molecule is CCCCn1ncc(NC(C)CCN(C)C)c(Br)c1=O. The predicted molar refractivity (Wildman–Crippen MR) is 87.4 cm³/mol. The molecule has 1 N–H and O–H groups in total. The first-order valence-electron chi connectivity index (χ1n) is 7.12. The van der Waals surface area contributed by atoms with Crippen molar-refractivity contribution in [3.05, 3.63) is 21.0 Å². The van der Waals surface area contributed by atoms with E-state index in [1.54, 1.807) is 6.20 Å². The van der Waals surface area contributed by atoms with E-state index < -0.39 is 0 Å². The van der Waals surface area contributed by atoms with E-state index in [1.807, 2.05) is 0 Å². The molecule has 6 heteroatoms. The number of hydrogen-bond donors (Lipinski definition) is 1. The van der Waals surface area contributed by atoms with E-state index in [0.29, 0.717) is 17.1 Å². The van der Waals surface area contributed by atoms with Crippen LogP contribution in [-0.2, 0) is 6.54 Å². The average Bonchev–Trinajstić information content (AvgIpc) is 2.41. The lowest BCUT2D eigenvalue weighted by molar-refractivity contribution is 0.390. The Hall–Kier alpha value is -0.880. The lowest BCUT2D eigenvalue weighted by Gasteiger charge is -2.18. The van der Waals surface area contributed by atoms with Gasteiger partial charge in [0.15, 0.2) is 0 Å². The largest absolute Gasteiger partial charge is 0.380 e. The Morgan fingerprint density at radius 1 is 1.50 bits per heavy atom. The highest BCUT2D eigenvalue weighted by Gasteiger charge is 2.11. The minimum absolute atomic E-state index is 0.0664. The molecular weight excluding hydrogens is 320 g/mol. The predicted octanol–water partition coefficient (Wildman–Crippen LogP) is 2.56. The van der Waals surface area contributed by atoms with Crippen LogP contribution in [0.3, 0.4) is 0 Å². The summed E-state index contributed by atoms with van der Waals surface area (Å²) < 4.78 is 2.09. The number of rotatable bonds is 8. The van der Waals surface area contributed by atoms with Crippen molar-refractivity contribution >= 4 is 21.6 Å². The lowest BCUT2D eigenvalue weighted by Crippen LogP contribution is -2.27. The van der Waals surface area contributed by atoms with Gasteiger partial charge in [-0.1, -0.05) is 13.3 Å². The molecule has 0 amide bonds. The minimum Gasteiger partial charge on any atom is -0.380 e. The number of hydrogen-bond acceptors (Lipinski definition) is 4. The first-order valence-corrected chi connectivity index (χ1v) is 7.91. The van der Waals surface area contributed by atoms with E-state index in [9.17, 15) is 4.79 Å². The summed E-state index contributed by atoms with van der Waals surface area (Å²) in [5.74, 6) is 0. The highest BCUT2D eigenvalue weighted by atomic mass is 79.9. The second-order valence-electron chi connectivity index (χ2n) is 5.39. The molecule has 1 atom stereocenters. The normalized spacial score (nSPS) is 12.7. The zero-order chi connectivity index (χ0) is 15.1. The van der Waals surface area contributed by atoms with Crippen molar-refractivity contribution in [3.63, 3.8) is 0 Å². The fraction of sp³-hybridized carbons (Fsp3) is 0.714. The van der Waals surface area contributed by atoms with Crippen LogP contribution in [0.1, 0.15) is 33.1 Å². The fourth-order valence-electron chi connectivity index (χ4n) is 1.82. The topological polar surface area (TPSA) is 50.2 Å². The Labute approximate surface area is 129 Å². The number of nitrogens with one attached hydrogen (secondary N) is 1. The van der Waals surface area contributed by atoms with Gasteiger partial charge in [0.2, 0.25) is 0 Å². The molecule has 1 aromatic rings. The van der Waals surface area contributed by atoms with Crippen molar-refractivity contribution in [2.75, 3.05) is 26.0 Å². The van der Waals surface area contributed by atoms with Crippen LogP contribution in [-0.4, -0.2) is 41.4 Å². The second kappa shape index (κ2) is 8.42. The molecular formula is C14H25BrN4O. The molecule has 0 saturated carbocycles. The maximum absolute atomic E-state index is 12.1. The molecule has 1 rings (SSSR count). The molecule has 0 aromatic carbocycles. The van der Waals surface area contributed by atoms with Crippen LogP contribution in [0.15, 0.2) is 15.5 Å². The summed E-state index contributed by atoms with van der Waals surface area (Å²) in [5.41, 5.74) is 0.706. The van der Waals surface area contributed by atoms with Crippen LogP contribution in [0.4, 0.5) is 5.69 Å². The smallest absolute Gasteiger partial charge is 0.283 e. The number of unbranched alkanes of at least 4 members (excludes halogenated alkanes) is 1. The fourth-order valence-corrected chi connectivity index (χ4v) is 2.24. The Morgan fingerprint density at radius 2 is 2.20 bits per heavy atom. The van der Waals surface area contributed by atoms with Crippen molar-refractivity contribution in [3.8, 4) is 0 Å². The molecule has 1 unspecified atom stereocenters. The van der Waals surface area contributed by atoms with Crippen LogP contribution >= 0.6 is 15.9 Å². The molecule has 1 aromatic heterocycles. The van der Waals surface area contributed by atoms with E-state index in [4.69, 9.17) is 0 Å². The van der Waals surface area contributed by atoms with E-state index in [1.165, 1.54) is 4.68 Å². The maximum atomic E-state index is 12.1. The third-order valence-electron chi connectivity index (χ3n) is 3.12. The number of halogens is 1. The van der Waals surface area contributed by atoms with Crippen molar-refractivity contribution in [2.45, 2.75) is 45.7 Å². The van der Waals surface area contributed by atoms with Crippen molar-refractivity contribution in [1.29, 1.82) is 0 Å². The Kier molecular flexibility index (Phi) is 7.23. The second-order valence-corrected chi connectivity index (χ2v) is 6.18. The highest BCUT2D eigenvalue weighted by molar-refractivity contribution is 9.10. The van der Waals surface area contributed by atoms with Crippen LogP contribution < -0.4 is 10.9 Å². The summed E-state index contributed by atoms with van der Waals surface area (Å²) in [6.07, 6.45) is 4.75. The first kappa shape index (κ1) is 17.2. The van der Waals surface area contributed by atoms with Gasteiger partial charge in [-0.05, 0) is 56.3 Å². The standard InChI is InChI=1S/C14H25BrN4O/c1-5-6-8-19-14(20)13(15)12(10-16-19)17-11(2)7-9-18(3)4/h10-11,17H,5-9H2,1-4H3. The van der Waals surface area contributed by atoms with Gasteiger partial charge in [-0.15, -0.1) is 0 Å². The molecule has 0 bridgehead atoms. The van der Waals surface area contributed by atoms with Crippen molar-refractivity contribution in [1.82, 2.24) is 14.7 Å². The van der Waals surface area contributed by atoms with Crippen LogP contribution in [0.2, 0.25) is 0 Å². The molecule has 20 heavy (non-hydrogen) atoms. The number of aromatic nitrogens is 2. The number of anilines is 1. The van der Waals surface area contributed by atoms with E-state index in [0.717, 1.165) is 31.5 Å². The molecule has 0 radical (unpaired) electrons. The zero-order valence-electron chi connectivity index (χ0n) is 12.8. The van der Waals surface area contributed by atoms with Crippen LogP contribution in [0.25, 0.3) is 0 Å². The van der Waals surface area contributed by atoms with Gasteiger partial charge in [0.05, 0.1) is 11.9 Å². The number of nitrogens with zero attached hydrogens (tertiary/aromatic N) is 3. The molecule has 5 nitrogen and oxygen atoms in total. The molecule has 0 aliphatic heterocycles. The third kappa shape index (κ3) is 5.25. The molecule has 0 aliphatic rings. The van der Waals surface area contributed by atoms with Gasteiger partial charge >= 0.3 is 0 Å². The first-order chi connectivity index (χ1) is 9.45. The van der Waals surface area contributed by atoms with E-state index in [-0.39, 0.29) is 5.56 Å². The summed E-state index contributed by atoms with van der Waals surface area (Å²) in [4.78, 5) is 14.3. The van der Waals surface area contributed by atoms with Gasteiger partial charge in [0.25, 0.3) is 5.56 Å². The summed E-state index contributed by atoms with van der Waals surface area (Å²) >= 11 is 3.39. The Bertz CT molecular complexity index is 473. The third-order valence-corrected chi connectivity index (χ3v) is 3.89. The van der Waals surface area contributed by atoms with Crippen molar-refractivity contribution in [2.24, 2.45) is 0 Å². The summed E-state index contributed by atoms with van der Waals surface area (Å²) in [7, 11) is 4.11. The maximum Gasteiger partial charge on any atom is 0.283 e. The molecule has 1 heterocycles. The summed E-state index contributed by atoms with van der Waals surface area (Å²) in [6, 6.07) is 0.293. The summed E-state index contributed by atoms with van der Waals surface area (Å²) in [5, 5.41) is 7.57. The van der Waals surface area contributed by atoms with Gasteiger partial charge in [0.1, 0.15) is 4.47 Å². The van der Waals surface area contributed by atoms with Gasteiger partial charge in [-0.2, -0.15) is 5.10 Å². The number of aryl methyl sites for hydroxylation is 1. The van der Waals surface area contributed by atoms with Gasteiger partial charge in [0, 0.05) is 12.6 Å².